The van der Waals surface area contributed by atoms with Gasteiger partial charge in [-0.05, 0) is 13.0 Å². The van der Waals surface area contributed by atoms with E-state index >= 15 is 0 Å². The second-order valence-electron chi connectivity index (χ2n) is 4.27. The third-order valence-corrected chi connectivity index (χ3v) is 2.82. The van der Waals surface area contributed by atoms with E-state index in [1.54, 1.807) is 25.1 Å². The molecule has 1 amide bonds. The van der Waals surface area contributed by atoms with E-state index in [-0.39, 0.29) is 19.3 Å². The number of benzene rings is 1. The predicted molar refractivity (Wildman–Crippen MR) is 71.8 cm³/mol. The average molecular weight is 279 g/mol. The van der Waals surface area contributed by atoms with Crippen LogP contribution in [0, 0.1) is 0 Å². The molecule has 108 valence electrons. The van der Waals surface area contributed by atoms with E-state index in [0.717, 1.165) is 0 Å². The molecule has 0 aliphatic carbocycles. The number of carbonyl (C=O) groups is 1. The van der Waals surface area contributed by atoms with Crippen LogP contribution in [0.4, 0.5) is 0 Å². The average Bonchev–Trinajstić information content (AvgIpc) is 2.90. The Kier molecular flexibility index (Phi) is 4.47. The molecule has 1 aliphatic heterocycles. The summed E-state index contributed by atoms with van der Waals surface area (Å²) in [5.41, 5.74) is 0.539. The molecule has 1 heterocycles. The summed E-state index contributed by atoms with van der Waals surface area (Å²) in [6, 6.07) is 3.26. The summed E-state index contributed by atoms with van der Waals surface area (Å²) in [5, 5.41) is 12.0. The van der Waals surface area contributed by atoms with Crippen LogP contribution in [0.25, 0.3) is 0 Å². The molecule has 1 atom stereocenters. The first-order valence-corrected chi connectivity index (χ1v) is 6.24. The predicted octanol–water partition coefficient (Wildman–Crippen LogP) is 0.977. The fourth-order valence-corrected chi connectivity index (χ4v) is 1.76. The Bertz CT molecular complexity index is 515. The van der Waals surface area contributed by atoms with Crippen molar-refractivity contribution in [3.8, 4) is 17.2 Å². The van der Waals surface area contributed by atoms with Crippen molar-refractivity contribution in [2.75, 3.05) is 13.3 Å². The van der Waals surface area contributed by atoms with Crippen LogP contribution in [0.1, 0.15) is 12.5 Å². The molecule has 1 unspecified atom stereocenters. The highest BCUT2D eigenvalue weighted by atomic mass is 16.7. The molecule has 1 aromatic rings. The minimum atomic E-state index is -0.694. The number of aliphatic hydroxyl groups is 1. The molecular weight excluding hydrogens is 262 g/mol. The molecule has 1 aliphatic rings. The summed E-state index contributed by atoms with van der Waals surface area (Å²) in [4.78, 5) is 11.7. The van der Waals surface area contributed by atoms with Gasteiger partial charge >= 0.3 is 0 Å². The van der Waals surface area contributed by atoms with E-state index in [1.807, 2.05) is 0 Å². The van der Waals surface area contributed by atoms with Gasteiger partial charge < -0.3 is 24.6 Å². The van der Waals surface area contributed by atoms with Crippen LogP contribution < -0.4 is 19.5 Å². The Morgan fingerprint density at radius 2 is 2.25 bits per heavy atom. The maximum absolute atomic E-state index is 11.7. The molecule has 6 nitrogen and oxygen atoms in total. The third kappa shape index (κ3) is 3.03. The fourth-order valence-electron chi connectivity index (χ4n) is 1.76. The number of amides is 1. The Morgan fingerprint density at radius 3 is 2.90 bits per heavy atom. The van der Waals surface area contributed by atoms with Crippen LogP contribution in [0.15, 0.2) is 24.8 Å². The number of hydrogen-bond donors (Lipinski definition) is 2. The van der Waals surface area contributed by atoms with Gasteiger partial charge in [-0.1, -0.05) is 6.08 Å². The van der Waals surface area contributed by atoms with Gasteiger partial charge in [0, 0.05) is 18.2 Å². The van der Waals surface area contributed by atoms with Gasteiger partial charge in [-0.3, -0.25) is 4.79 Å². The van der Waals surface area contributed by atoms with Crippen molar-refractivity contribution in [2.45, 2.75) is 19.6 Å². The van der Waals surface area contributed by atoms with Crippen LogP contribution in [0.2, 0.25) is 0 Å². The Morgan fingerprint density at radius 1 is 1.55 bits per heavy atom. The highest BCUT2D eigenvalue weighted by Crippen LogP contribution is 2.38. The molecule has 0 saturated carbocycles. The molecule has 0 radical (unpaired) electrons. The normalized spacial score (nSPS) is 13.7. The van der Waals surface area contributed by atoms with Crippen LogP contribution >= 0.6 is 0 Å². The van der Waals surface area contributed by atoms with Crippen LogP contribution in [0.3, 0.4) is 0 Å². The van der Waals surface area contributed by atoms with Gasteiger partial charge in [0.15, 0.2) is 17.6 Å². The van der Waals surface area contributed by atoms with Crippen molar-refractivity contribution >= 4 is 5.91 Å². The number of rotatable bonds is 6. The number of nitrogens with one attached hydrogen (secondary N) is 1. The Labute approximate surface area is 117 Å². The van der Waals surface area contributed by atoms with Gasteiger partial charge in [-0.15, -0.1) is 6.58 Å². The summed E-state index contributed by atoms with van der Waals surface area (Å²) < 4.78 is 16.0. The van der Waals surface area contributed by atoms with Gasteiger partial charge in [0.1, 0.15) is 5.75 Å². The van der Waals surface area contributed by atoms with E-state index in [9.17, 15) is 9.90 Å². The Balaban J connectivity index is 2.12. The number of ether oxygens (including phenoxy) is 3. The molecule has 0 spiro atoms. The van der Waals surface area contributed by atoms with Crippen LogP contribution in [0.5, 0.6) is 17.2 Å². The minimum Gasteiger partial charge on any atom is -0.480 e. The highest BCUT2D eigenvalue weighted by Gasteiger charge is 2.21. The largest absolute Gasteiger partial charge is 0.480 e. The van der Waals surface area contributed by atoms with Crippen LogP contribution in [-0.4, -0.2) is 30.5 Å². The highest BCUT2D eigenvalue weighted by molar-refractivity contribution is 5.80. The van der Waals surface area contributed by atoms with Gasteiger partial charge in [-0.2, -0.15) is 0 Å². The lowest BCUT2D eigenvalue weighted by molar-refractivity contribution is -0.127. The quantitative estimate of drug-likeness (QED) is 0.759. The van der Waals surface area contributed by atoms with Gasteiger partial charge in [0.2, 0.25) is 6.79 Å². The van der Waals surface area contributed by atoms with Crippen molar-refractivity contribution in [2.24, 2.45) is 0 Å². The van der Waals surface area contributed by atoms with Crippen molar-refractivity contribution in [1.82, 2.24) is 5.32 Å². The molecule has 0 aromatic heterocycles. The van der Waals surface area contributed by atoms with Crippen molar-refractivity contribution < 1.29 is 24.1 Å². The zero-order valence-electron chi connectivity index (χ0n) is 11.2. The monoisotopic (exact) mass is 279 g/mol. The molecule has 2 rings (SSSR count). The lowest BCUT2D eigenvalue weighted by Crippen LogP contribution is -2.36. The molecule has 0 bridgehead atoms. The smallest absolute Gasteiger partial charge is 0.261 e. The second kappa shape index (κ2) is 6.29. The fraction of sp³-hybridized carbons (Fsp3) is 0.357. The van der Waals surface area contributed by atoms with E-state index in [0.29, 0.717) is 29.4 Å². The maximum atomic E-state index is 11.7. The molecule has 0 saturated heterocycles. The summed E-state index contributed by atoms with van der Waals surface area (Å²) in [5.74, 6) is 1.24. The number of carbonyl (C=O) groups excluding carboxylic acids is 1. The lowest BCUT2D eigenvalue weighted by Gasteiger charge is -2.16. The first kappa shape index (κ1) is 14.2. The summed E-state index contributed by atoms with van der Waals surface area (Å²) >= 11 is 0. The molecule has 6 heteroatoms. The standard InChI is InChI=1S/C14H17NO5/c1-3-4-15-14(17)9(2)20-11-6-13-12(18-8-19-13)5-10(11)7-16/h3,5-6,9,16H,1,4,7-8H2,2H3,(H,15,17). The number of aliphatic hydroxyl groups excluding tert-OH is 1. The maximum Gasteiger partial charge on any atom is 0.261 e. The van der Waals surface area contributed by atoms with Gasteiger partial charge in [0.05, 0.1) is 6.61 Å². The molecule has 2 N–H and O–H groups in total. The molecular formula is C14H17NO5. The Hall–Kier alpha value is -2.21. The van der Waals surface area contributed by atoms with Gasteiger partial charge in [0.25, 0.3) is 5.91 Å². The first-order chi connectivity index (χ1) is 9.65. The zero-order chi connectivity index (χ0) is 14.5. The van der Waals surface area contributed by atoms with Gasteiger partial charge in [-0.25, -0.2) is 0 Å². The summed E-state index contributed by atoms with van der Waals surface area (Å²) in [6.07, 6.45) is 0.894. The van der Waals surface area contributed by atoms with Crippen molar-refractivity contribution in [3.05, 3.63) is 30.4 Å². The van der Waals surface area contributed by atoms with E-state index in [1.165, 1.54) is 0 Å². The number of fused-ring (bicyclic) bond motifs is 1. The van der Waals surface area contributed by atoms with Crippen molar-refractivity contribution in [3.63, 3.8) is 0 Å². The van der Waals surface area contributed by atoms with E-state index in [4.69, 9.17) is 14.2 Å². The minimum absolute atomic E-state index is 0.138. The molecule has 0 fully saturated rings. The summed E-state index contributed by atoms with van der Waals surface area (Å²) in [7, 11) is 0. The van der Waals surface area contributed by atoms with Crippen LogP contribution in [-0.2, 0) is 11.4 Å². The first-order valence-electron chi connectivity index (χ1n) is 6.24. The van der Waals surface area contributed by atoms with E-state index < -0.39 is 6.10 Å². The van der Waals surface area contributed by atoms with Crippen molar-refractivity contribution in [1.29, 1.82) is 0 Å². The molecule has 20 heavy (non-hydrogen) atoms. The summed E-state index contributed by atoms with van der Waals surface area (Å²) in [6.45, 7) is 5.45. The topological polar surface area (TPSA) is 77.0 Å². The molecule has 1 aromatic carbocycles. The number of hydrogen-bond acceptors (Lipinski definition) is 5. The zero-order valence-corrected chi connectivity index (χ0v) is 11.2. The second-order valence-corrected chi connectivity index (χ2v) is 4.27. The SMILES string of the molecule is C=CCNC(=O)C(C)Oc1cc2c(cc1CO)OCO2. The lowest BCUT2D eigenvalue weighted by atomic mass is 10.2. The van der Waals surface area contributed by atoms with E-state index in [2.05, 4.69) is 11.9 Å². The third-order valence-electron chi connectivity index (χ3n) is 2.82.